The van der Waals surface area contributed by atoms with Crippen LogP contribution in [0.15, 0.2) is 27.8 Å². The molecule has 2 rings (SSSR count). The van der Waals surface area contributed by atoms with Gasteiger partial charge in [0, 0.05) is 19.6 Å². The molecule has 0 radical (unpaired) electrons. The summed E-state index contributed by atoms with van der Waals surface area (Å²) in [5.41, 5.74) is -0.725. The molecule has 0 bridgehead atoms. The minimum Gasteiger partial charge on any atom is -0.466 e. The highest BCUT2D eigenvalue weighted by Crippen LogP contribution is 2.33. The maximum absolute atomic E-state index is 10.5. The summed E-state index contributed by atoms with van der Waals surface area (Å²) in [6.45, 7) is 11.5. The number of hydrogen-bond acceptors (Lipinski definition) is 3. The van der Waals surface area contributed by atoms with Crippen molar-refractivity contribution in [2.45, 2.75) is 46.1 Å². The van der Waals surface area contributed by atoms with E-state index in [1.54, 1.807) is 25.3 Å². The quantitative estimate of drug-likeness (QED) is 0.424. The Morgan fingerprint density at radius 1 is 1.52 bits per heavy atom. The van der Waals surface area contributed by atoms with E-state index in [1.807, 2.05) is 0 Å². The van der Waals surface area contributed by atoms with Gasteiger partial charge < -0.3 is 19.7 Å². The molecule has 0 aliphatic carbocycles. The molecule has 1 aromatic rings. The lowest BCUT2D eigenvalue weighted by Gasteiger charge is -2.26. The van der Waals surface area contributed by atoms with Crippen LogP contribution in [0.25, 0.3) is 0 Å². The van der Waals surface area contributed by atoms with Crippen LogP contribution in [0, 0.1) is 5.41 Å². The first kappa shape index (κ1) is 20.3. The molecule has 2 heterocycles. The van der Waals surface area contributed by atoms with E-state index in [0.29, 0.717) is 11.2 Å². The standard InChI is InChI=1S/C17H29N3O2.HI/c1-5-16(3)9-10-20(13-16)15(18-6-2)19-12-17(4,21)14-8-7-11-22-14;/h7-8,11,21H,5-6,9-10,12-13H2,1-4H3,(H,18,19);1H. The first-order valence-corrected chi connectivity index (χ1v) is 8.20. The molecule has 0 saturated carbocycles. The second-order valence-corrected chi connectivity index (χ2v) is 6.76. The maximum atomic E-state index is 10.5. The number of aliphatic hydroxyl groups is 1. The zero-order valence-electron chi connectivity index (χ0n) is 14.6. The number of aliphatic imine (C=N–C) groups is 1. The Morgan fingerprint density at radius 3 is 2.78 bits per heavy atom. The first-order chi connectivity index (χ1) is 10.4. The Bertz CT molecular complexity index is 502. The molecule has 6 heteroatoms. The topological polar surface area (TPSA) is 61.0 Å². The molecule has 1 saturated heterocycles. The average molecular weight is 435 g/mol. The lowest BCUT2D eigenvalue weighted by atomic mass is 9.87. The van der Waals surface area contributed by atoms with Crippen molar-refractivity contribution in [3.05, 3.63) is 24.2 Å². The number of halogens is 1. The van der Waals surface area contributed by atoms with E-state index in [2.05, 4.69) is 36.0 Å². The number of guanidine groups is 1. The number of nitrogens with zero attached hydrogens (tertiary/aromatic N) is 2. The van der Waals surface area contributed by atoms with Crippen LogP contribution in [0.4, 0.5) is 0 Å². The summed E-state index contributed by atoms with van der Waals surface area (Å²) in [4.78, 5) is 6.94. The third-order valence-electron chi connectivity index (χ3n) is 4.63. The van der Waals surface area contributed by atoms with Crippen LogP contribution in [0.2, 0.25) is 0 Å². The predicted molar refractivity (Wildman–Crippen MR) is 104 cm³/mol. The summed E-state index contributed by atoms with van der Waals surface area (Å²) >= 11 is 0. The van der Waals surface area contributed by atoms with Crippen molar-refractivity contribution in [2.24, 2.45) is 10.4 Å². The third kappa shape index (κ3) is 5.11. The zero-order valence-corrected chi connectivity index (χ0v) is 17.0. The Morgan fingerprint density at radius 2 is 2.26 bits per heavy atom. The molecule has 23 heavy (non-hydrogen) atoms. The maximum Gasteiger partial charge on any atom is 0.194 e. The molecular formula is C17H30IN3O2. The molecule has 0 spiro atoms. The minimum atomic E-state index is -1.09. The Labute approximate surface area is 156 Å². The summed E-state index contributed by atoms with van der Waals surface area (Å²) in [5, 5.41) is 13.9. The molecule has 2 N–H and O–H groups in total. The number of likely N-dealkylation sites (tertiary alicyclic amines) is 1. The van der Waals surface area contributed by atoms with Crippen LogP contribution in [0.3, 0.4) is 0 Å². The molecular weight excluding hydrogens is 405 g/mol. The van der Waals surface area contributed by atoms with Gasteiger partial charge in [0.25, 0.3) is 0 Å². The highest BCUT2D eigenvalue weighted by atomic mass is 127. The van der Waals surface area contributed by atoms with E-state index in [1.165, 1.54) is 12.8 Å². The summed E-state index contributed by atoms with van der Waals surface area (Å²) in [5.74, 6) is 1.43. The van der Waals surface area contributed by atoms with Crippen molar-refractivity contribution in [2.75, 3.05) is 26.2 Å². The average Bonchev–Trinajstić information content (AvgIpc) is 3.14. The lowest BCUT2D eigenvalue weighted by molar-refractivity contribution is 0.0435. The first-order valence-electron chi connectivity index (χ1n) is 8.20. The van der Waals surface area contributed by atoms with E-state index >= 15 is 0 Å². The van der Waals surface area contributed by atoms with Crippen LogP contribution in [-0.4, -0.2) is 42.1 Å². The monoisotopic (exact) mass is 435 g/mol. The van der Waals surface area contributed by atoms with Gasteiger partial charge in [0.05, 0.1) is 12.8 Å². The van der Waals surface area contributed by atoms with Gasteiger partial charge in [0.2, 0.25) is 0 Å². The van der Waals surface area contributed by atoms with E-state index in [0.717, 1.165) is 25.6 Å². The van der Waals surface area contributed by atoms with E-state index < -0.39 is 5.60 Å². The third-order valence-corrected chi connectivity index (χ3v) is 4.63. The minimum absolute atomic E-state index is 0. The molecule has 132 valence electrons. The van der Waals surface area contributed by atoms with Gasteiger partial charge >= 0.3 is 0 Å². The molecule has 1 aliphatic rings. The van der Waals surface area contributed by atoms with Crippen LogP contribution in [0.5, 0.6) is 0 Å². The number of furan rings is 1. The van der Waals surface area contributed by atoms with Crippen LogP contribution in [-0.2, 0) is 5.60 Å². The SMILES string of the molecule is CCNC(=NCC(C)(O)c1ccco1)N1CCC(C)(CC)C1.I. The number of rotatable bonds is 5. The van der Waals surface area contributed by atoms with E-state index in [-0.39, 0.29) is 30.5 Å². The van der Waals surface area contributed by atoms with Crippen molar-refractivity contribution in [3.8, 4) is 0 Å². The fraction of sp³-hybridized carbons (Fsp3) is 0.706. The Hall–Kier alpha value is -0.760. The number of nitrogens with one attached hydrogen (secondary N) is 1. The smallest absolute Gasteiger partial charge is 0.194 e. The fourth-order valence-electron chi connectivity index (χ4n) is 2.81. The number of hydrogen-bond donors (Lipinski definition) is 2. The highest BCUT2D eigenvalue weighted by molar-refractivity contribution is 14.0. The molecule has 1 aromatic heterocycles. The van der Waals surface area contributed by atoms with Gasteiger partial charge in [-0.2, -0.15) is 0 Å². The van der Waals surface area contributed by atoms with E-state index in [9.17, 15) is 5.11 Å². The molecule has 0 aromatic carbocycles. The molecule has 2 unspecified atom stereocenters. The van der Waals surface area contributed by atoms with Gasteiger partial charge in [0.15, 0.2) is 5.96 Å². The highest BCUT2D eigenvalue weighted by Gasteiger charge is 2.34. The van der Waals surface area contributed by atoms with Crippen molar-refractivity contribution in [3.63, 3.8) is 0 Å². The van der Waals surface area contributed by atoms with Gasteiger partial charge in [0.1, 0.15) is 11.4 Å². The van der Waals surface area contributed by atoms with Crippen LogP contribution >= 0.6 is 24.0 Å². The fourth-order valence-corrected chi connectivity index (χ4v) is 2.81. The molecule has 0 amide bonds. The summed E-state index contributed by atoms with van der Waals surface area (Å²) in [6, 6.07) is 3.57. The van der Waals surface area contributed by atoms with Crippen molar-refractivity contribution < 1.29 is 9.52 Å². The van der Waals surface area contributed by atoms with Crippen LogP contribution in [0.1, 0.15) is 46.3 Å². The van der Waals surface area contributed by atoms with Crippen molar-refractivity contribution >= 4 is 29.9 Å². The lowest BCUT2D eigenvalue weighted by Crippen LogP contribution is -2.42. The normalized spacial score (nSPS) is 24.2. The summed E-state index contributed by atoms with van der Waals surface area (Å²) < 4.78 is 5.31. The molecule has 5 nitrogen and oxygen atoms in total. The summed E-state index contributed by atoms with van der Waals surface area (Å²) in [7, 11) is 0. The van der Waals surface area contributed by atoms with Gasteiger partial charge in [-0.25, -0.2) is 4.99 Å². The predicted octanol–water partition coefficient (Wildman–Crippen LogP) is 3.19. The Kier molecular flexibility index (Phi) is 7.38. The second-order valence-electron chi connectivity index (χ2n) is 6.76. The van der Waals surface area contributed by atoms with Gasteiger partial charge in [-0.15, -0.1) is 24.0 Å². The van der Waals surface area contributed by atoms with Gasteiger partial charge in [-0.1, -0.05) is 13.8 Å². The largest absolute Gasteiger partial charge is 0.466 e. The van der Waals surface area contributed by atoms with Gasteiger partial charge in [-0.3, -0.25) is 0 Å². The molecule has 2 atom stereocenters. The van der Waals surface area contributed by atoms with Crippen molar-refractivity contribution in [1.29, 1.82) is 0 Å². The molecule has 1 fully saturated rings. The van der Waals surface area contributed by atoms with Gasteiger partial charge in [-0.05, 0) is 44.2 Å². The second kappa shape index (κ2) is 8.37. The van der Waals surface area contributed by atoms with Crippen molar-refractivity contribution in [1.82, 2.24) is 10.2 Å². The van der Waals surface area contributed by atoms with E-state index in [4.69, 9.17) is 4.42 Å². The summed E-state index contributed by atoms with van der Waals surface area (Å²) in [6.07, 6.45) is 3.93. The molecule has 1 aliphatic heterocycles. The zero-order chi connectivity index (χ0) is 16.2. The Balaban J connectivity index is 0.00000264. The van der Waals surface area contributed by atoms with Crippen LogP contribution < -0.4 is 5.32 Å².